The highest BCUT2D eigenvalue weighted by Crippen LogP contribution is 2.25. The predicted octanol–water partition coefficient (Wildman–Crippen LogP) is 1.68. The Morgan fingerprint density at radius 2 is 1.95 bits per heavy atom. The molecular weight excluding hydrogens is 247 g/mol. The molecule has 2 heterocycles. The molecule has 1 aliphatic heterocycles. The van der Waals surface area contributed by atoms with Crippen molar-refractivity contribution in [1.82, 2.24) is 9.55 Å². The zero-order valence-electron chi connectivity index (χ0n) is 10.3. The third-order valence-electron chi connectivity index (χ3n) is 3.50. The van der Waals surface area contributed by atoms with Gasteiger partial charge in [-0.15, -0.1) is 0 Å². The molecule has 0 fully saturated rings. The van der Waals surface area contributed by atoms with Gasteiger partial charge in [0, 0.05) is 17.8 Å². The second kappa shape index (κ2) is 4.50. The van der Waals surface area contributed by atoms with Crippen LogP contribution >= 0.6 is 0 Å². The Bertz CT molecular complexity index is 746. The number of aromatic amines is 1. The van der Waals surface area contributed by atoms with Crippen LogP contribution in [0.5, 0.6) is 0 Å². The largest absolute Gasteiger partial charge is 0.328 e. The molecule has 1 aromatic carbocycles. The quantitative estimate of drug-likeness (QED) is 0.848. The van der Waals surface area contributed by atoms with Crippen LogP contribution in [0.25, 0.3) is 11.1 Å². The van der Waals surface area contributed by atoms with Crippen molar-refractivity contribution in [1.29, 1.82) is 0 Å². The van der Waals surface area contributed by atoms with E-state index in [1.165, 1.54) is 6.07 Å². The number of halogens is 1. The number of hydrogen-bond acceptors (Lipinski definition) is 2. The Morgan fingerprint density at radius 3 is 2.74 bits per heavy atom. The number of hydrogen-bond donors (Lipinski definition) is 1. The Balaban J connectivity index is 2.36. The molecule has 1 N–H and O–H groups in total. The number of H-pyrrole nitrogens is 1. The Kier molecular flexibility index (Phi) is 2.81. The third-order valence-corrected chi connectivity index (χ3v) is 3.50. The maximum atomic E-state index is 13.9. The summed E-state index contributed by atoms with van der Waals surface area (Å²) < 4.78 is 15.4. The lowest BCUT2D eigenvalue weighted by atomic mass is 9.99. The zero-order chi connectivity index (χ0) is 13.4. The average Bonchev–Trinajstić information content (AvgIpc) is 2.41. The summed E-state index contributed by atoms with van der Waals surface area (Å²) in [6, 6.07) is 6.15. The molecule has 3 rings (SSSR count). The van der Waals surface area contributed by atoms with Gasteiger partial charge in [0.25, 0.3) is 5.56 Å². The molecule has 2 aromatic rings. The molecule has 0 spiro atoms. The Labute approximate surface area is 108 Å². The van der Waals surface area contributed by atoms with Crippen molar-refractivity contribution in [2.45, 2.75) is 25.8 Å². The van der Waals surface area contributed by atoms with Crippen molar-refractivity contribution < 1.29 is 4.39 Å². The standard InChI is InChI=1S/C14H13FN2O2/c15-10-6-2-1-5-9(10)12-11-7-3-4-8-17(11)14(19)16-13(12)18/h1-2,5-6H,3-4,7-8H2,(H,16,18,19). The van der Waals surface area contributed by atoms with Crippen LogP contribution in [0.2, 0.25) is 0 Å². The van der Waals surface area contributed by atoms with E-state index in [2.05, 4.69) is 4.98 Å². The van der Waals surface area contributed by atoms with Gasteiger partial charge in [0.1, 0.15) is 5.82 Å². The van der Waals surface area contributed by atoms with Crippen LogP contribution in [0, 0.1) is 5.82 Å². The first kappa shape index (κ1) is 11.9. The van der Waals surface area contributed by atoms with E-state index in [1.54, 1.807) is 22.8 Å². The molecule has 4 nitrogen and oxygen atoms in total. The summed E-state index contributed by atoms with van der Waals surface area (Å²) in [6.07, 6.45) is 2.43. The lowest BCUT2D eigenvalue weighted by Crippen LogP contribution is -2.36. The van der Waals surface area contributed by atoms with Crippen molar-refractivity contribution in [2.75, 3.05) is 0 Å². The van der Waals surface area contributed by atoms with E-state index in [0.717, 1.165) is 12.8 Å². The van der Waals surface area contributed by atoms with Gasteiger partial charge >= 0.3 is 5.69 Å². The first-order valence-corrected chi connectivity index (χ1v) is 6.29. The van der Waals surface area contributed by atoms with E-state index in [0.29, 0.717) is 18.7 Å². The summed E-state index contributed by atoms with van der Waals surface area (Å²) in [6.45, 7) is 0.576. The van der Waals surface area contributed by atoms with Gasteiger partial charge in [0.05, 0.1) is 5.56 Å². The van der Waals surface area contributed by atoms with E-state index in [4.69, 9.17) is 0 Å². The fourth-order valence-corrected chi connectivity index (χ4v) is 2.62. The highest BCUT2D eigenvalue weighted by molar-refractivity contribution is 5.65. The topological polar surface area (TPSA) is 54.9 Å². The predicted molar refractivity (Wildman–Crippen MR) is 69.7 cm³/mol. The fraction of sp³-hybridized carbons (Fsp3) is 0.286. The van der Waals surface area contributed by atoms with Crippen molar-refractivity contribution in [3.63, 3.8) is 0 Å². The maximum Gasteiger partial charge on any atom is 0.328 e. The maximum absolute atomic E-state index is 13.9. The van der Waals surface area contributed by atoms with Gasteiger partial charge in [-0.25, -0.2) is 9.18 Å². The van der Waals surface area contributed by atoms with Gasteiger partial charge in [0.15, 0.2) is 0 Å². The number of benzene rings is 1. The summed E-state index contributed by atoms with van der Waals surface area (Å²) in [5.74, 6) is -0.444. The SMILES string of the molecule is O=c1[nH]c(=O)n2c(c1-c1ccccc1F)CCCC2. The van der Waals surface area contributed by atoms with E-state index in [1.807, 2.05) is 0 Å². The van der Waals surface area contributed by atoms with Gasteiger partial charge in [-0.05, 0) is 25.3 Å². The second-order valence-corrected chi connectivity index (χ2v) is 4.67. The third kappa shape index (κ3) is 1.91. The molecule has 1 aliphatic rings. The van der Waals surface area contributed by atoms with Gasteiger partial charge in [-0.2, -0.15) is 0 Å². The Hall–Kier alpha value is -2.17. The van der Waals surface area contributed by atoms with Crippen molar-refractivity contribution in [3.05, 3.63) is 56.6 Å². The van der Waals surface area contributed by atoms with Crippen molar-refractivity contribution in [2.24, 2.45) is 0 Å². The average molecular weight is 260 g/mol. The molecule has 1 aromatic heterocycles. The number of fused-ring (bicyclic) bond motifs is 1. The lowest BCUT2D eigenvalue weighted by molar-refractivity contribution is 0.502. The molecule has 19 heavy (non-hydrogen) atoms. The molecule has 0 saturated carbocycles. The van der Waals surface area contributed by atoms with Crippen LogP contribution in [0.1, 0.15) is 18.5 Å². The second-order valence-electron chi connectivity index (χ2n) is 4.67. The summed E-state index contributed by atoms with van der Waals surface area (Å²) in [7, 11) is 0. The molecule has 0 bridgehead atoms. The van der Waals surface area contributed by atoms with E-state index in [9.17, 15) is 14.0 Å². The monoisotopic (exact) mass is 260 g/mol. The number of aromatic nitrogens is 2. The van der Waals surface area contributed by atoms with Crippen LogP contribution in [0.3, 0.4) is 0 Å². The summed E-state index contributed by atoms with van der Waals surface area (Å²) in [5, 5.41) is 0. The van der Waals surface area contributed by atoms with Gasteiger partial charge in [0.2, 0.25) is 0 Å². The molecule has 5 heteroatoms. The van der Waals surface area contributed by atoms with Crippen molar-refractivity contribution in [3.8, 4) is 11.1 Å². The first-order chi connectivity index (χ1) is 9.18. The number of nitrogens with one attached hydrogen (secondary N) is 1. The summed E-state index contributed by atoms with van der Waals surface area (Å²) in [5.41, 5.74) is 0.278. The molecule has 0 amide bonds. The smallest absolute Gasteiger partial charge is 0.297 e. The van der Waals surface area contributed by atoms with E-state index < -0.39 is 17.1 Å². The molecule has 98 valence electrons. The zero-order valence-corrected chi connectivity index (χ0v) is 10.3. The lowest BCUT2D eigenvalue weighted by Gasteiger charge is -2.20. The summed E-state index contributed by atoms with van der Waals surface area (Å²) in [4.78, 5) is 26.1. The minimum absolute atomic E-state index is 0.259. The molecule has 0 unspecified atom stereocenters. The minimum Gasteiger partial charge on any atom is -0.297 e. The fourth-order valence-electron chi connectivity index (χ4n) is 2.62. The molecule has 0 saturated heterocycles. The highest BCUT2D eigenvalue weighted by atomic mass is 19.1. The Morgan fingerprint density at radius 1 is 1.16 bits per heavy atom. The van der Waals surface area contributed by atoms with E-state index >= 15 is 0 Å². The number of nitrogens with zero attached hydrogens (tertiary/aromatic N) is 1. The first-order valence-electron chi connectivity index (χ1n) is 6.29. The van der Waals surface area contributed by atoms with Crippen LogP contribution < -0.4 is 11.2 Å². The van der Waals surface area contributed by atoms with Gasteiger partial charge in [-0.3, -0.25) is 14.3 Å². The molecule has 0 radical (unpaired) electrons. The van der Waals surface area contributed by atoms with Crippen molar-refractivity contribution >= 4 is 0 Å². The van der Waals surface area contributed by atoms with Gasteiger partial charge in [-0.1, -0.05) is 18.2 Å². The summed E-state index contributed by atoms with van der Waals surface area (Å²) >= 11 is 0. The van der Waals surface area contributed by atoms with Crippen LogP contribution in [0.15, 0.2) is 33.9 Å². The van der Waals surface area contributed by atoms with Crippen LogP contribution in [-0.2, 0) is 13.0 Å². The molecule has 0 atom stereocenters. The minimum atomic E-state index is -0.511. The highest BCUT2D eigenvalue weighted by Gasteiger charge is 2.20. The molecular formula is C14H13FN2O2. The van der Waals surface area contributed by atoms with E-state index in [-0.39, 0.29) is 11.1 Å². The molecule has 0 aliphatic carbocycles. The van der Waals surface area contributed by atoms with Crippen LogP contribution in [-0.4, -0.2) is 9.55 Å². The van der Waals surface area contributed by atoms with Crippen LogP contribution in [0.4, 0.5) is 4.39 Å². The normalized spacial score (nSPS) is 14.2. The number of rotatable bonds is 1. The van der Waals surface area contributed by atoms with Gasteiger partial charge < -0.3 is 0 Å².